The molecule has 160 valence electrons. The average molecular weight is 422 g/mol. The summed E-state index contributed by atoms with van der Waals surface area (Å²) < 4.78 is 4.49. The van der Waals surface area contributed by atoms with Gasteiger partial charge in [-0.3, -0.25) is 28.9 Å². The number of nitrogens with one attached hydrogen (secondary N) is 1. The Balaban J connectivity index is 1.77. The van der Waals surface area contributed by atoms with Gasteiger partial charge in [0, 0.05) is 12.8 Å². The number of fused-ring (bicyclic) bond motifs is 1. The monoisotopic (exact) mass is 422 g/mol. The van der Waals surface area contributed by atoms with Crippen LogP contribution in [0, 0.1) is 0 Å². The predicted molar refractivity (Wildman–Crippen MR) is 110 cm³/mol. The van der Waals surface area contributed by atoms with E-state index in [1.807, 2.05) is 6.07 Å². The number of esters is 1. The normalized spacial score (nSPS) is 13.5. The van der Waals surface area contributed by atoms with Crippen molar-refractivity contribution in [1.82, 2.24) is 10.2 Å². The molecule has 0 aliphatic carbocycles. The molecule has 2 aromatic rings. The van der Waals surface area contributed by atoms with Gasteiger partial charge in [0.25, 0.3) is 11.8 Å². The summed E-state index contributed by atoms with van der Waals surface area (Å²) >= 11 is 0. The van der Waals surface area contributed by atoms with Gasteiger partial charge < -0.3 is 10.1 Å². The summed E-state index contributed by atoms with van der Waals surface area (Å²) in [5, 5.41) is 2.50. The van der Waals surface area contributed by atoms with Gasteiger partial charge in [0.2, 0.25) is 5.91 Å². The van der Waals surface area contributed by atoms with Gasteiger partial charge in [-0.1, -0.05) is 42.5 Å². The quantitative estimate of drug-likeness (QED) is 0.485. The first kappa shape index (κ1) is 21.9. The maximum Gasteiger partial charge on any atom is 0.305 e. The Kier molecular flexibility index (Phi) is 6.92. The van der Waals surface area contributed by atoms with Gasteiger partial charge in [-0.2, -0.15) is 0 Å². The lowest BCUT2D eigenvalue weighted by molar-refractivity contribution is -0.141. The molecule has 8 heteroatoms. The minimum absolute atomic E-state index is 0.0800. The zero-order chi connectivity index (χ0) is 22.4. The van der Waals surface area contributed by atoms with Gasteiger partial charge in [-0.25, -0.2) is 0 Å². The Labute approximate surface area is 179 Å². The lowest BCUT2D eigenvalue weighted by atomic mass is 10.0. The maximum absolute atomic E-state index is 13.0. The lowest BCUT2D eigenvalue weighted by Crippen LogP contribution is -2.51. The van der Waals surface area contributed by atoms with Crippen LogP contribution in [0.25, 0.3) is 0 Å². The van der Waals surface area contributed by atoms with Crippen molar-refractivity contribution in [2.45, 2.75) is 25.3 Å². The van der Waals surface area contributed by atoms with E-state index in [0.717, 1.165) is 10.5 Å². The molecule has 0 saturated heterocycles. The van der Waals surface area contributed by atoms with Gasteiger partial charge in [0.15, 0.2) is 5.78 Å². The molecule has 0 bridgehead atoms. The number of Topliss-reactive ketones (excluding diaryl/α,β-unsaturated/α-hetero) is 1. The molecule has 0 fully saturated rings. The zero-order valence-corrected chi connectivity index (χ0v) is 17.0. The molecular formula is C23H22N2O6. The highest BCUT2D eigenvalue weighted by atomic mass is 16.5. The van der Waals surface area contributed by atoms with Crippen LogP contribution in [0.3, 0.4) is 0 Å². The standard InChI is InChI=1S/C23H22N2O6/c1-31-20(27)12-11-16(26)14-24-21(28)19(13-15-7-3-2-4-8-15)25-22(29)17-9-5-6-10-18(17)23(25)30/h2-10,19H,11-14H2,1H3,(H,24,28). The molecule has 8 nitrogen and oxygen atoms in total. The molecule has 0 radical (unpaired) electrons. The first-order valence-electron chi connectivity index (χ1n) is 9.79. The fourth-order valence-corrected chi connectivity index (χ4v) is 3.36. The van der Waals surface area contributed by atoms with Crippen LogP contribution >= 0.6 is 0 Å². The second kappa shape index (κ2) is 9.80. The van der Waals surface area contributed by atoms with E-state index in [2.05, 4.69) is 10.1 Å². The third kappa shape index (κ3) is 5.03. The van der Waals surface area contributed by atoms with E-state index in [9.17, 15) is 24.0 Å². The number of carbonyl (C=O) groups is 5. The molecule has 1 unspecified atom stereocenters. The number of imide groups is 1. The Morgan fingerprint density at radius 1 is 0.903 bits per heavy atom. The van der Waals surface area contributed by atoms with E-state index in [1.54, 1.807) is 48.5 Å². The summed E-state index contributed by atoms with van der Waals surface area (Å²) in [6.07, 6.45) is -0.0606. The third-order valence-corrected chi connectivity index (χ3v) is 5.01. The summed E-state index contributed by atoms with van der Waals surface area (Å²) in [5.41, 5.74) is 1.25. The van der Waals surface area contributed by atoms with Crippen molar-refractivity contribution in [1.29, 1.82) is 0 Å². The first-order chi connectivity index (χ1) is 14.9. The van der Waals surface area contributed by atoms with Crippen molar-refractivity contribution >= 4 is 29.5 Å². The number of nitrogens with zero attached hydrogens (tertiary/aromatic N) is 1. The molecule has 2 aromatic carbocycles. The summed E-state index contributed by atoms with van der Waals surface area (Å²) in [6, 6.07) is 14.3. The highest BCUT2D eigenvalue weighted by Crippen LogP contribution is 2.26. The molecule has 1 N–H and O–H groups in total. The van der Waals surface area contributed by atoms with Crippen molar-refractivity contribution in [3.8, 4) is 0 Å². The Morgan fingerprint density at radius 2 is 1.48 bits per heavy atom. The van der Waals surface area contributed by atoms with Crippen LogP contribution in [-0.4, -0.2) is 54.1 Å². The average Bonchev–Trinajstić information content (AvgIpc) is 3.05. The fraction of sp³-hybridized carbons (Fsp3) is 0.261. The molecule has 1 aliphatic rings. The number of ether oxygens (including phenoxy) is 1. The van der Waals surface area contributed by atoms with Crippen LogP contribution < -0.4 is 5.32 Å². The minimum Gasteiger partial charge on any atom is -0.469 e. The minimum atomic E-state index is -1.12. The molecule has 0 saturated carbocycles. The molecule has 3 amide bonds. The molecule has 31 heavy (non-hydrogen) atoms. The van der Waals surface area contributed by atoms with Crippen molar-refractivity contribution in [3.63, 3.8) is 0 Å². The molecule has 1 atom stereocenters. The highest BCUT2D eigenvalue weighted by Gasteiger charge is 2.42. The van der Waals surface area contributed by atoms with Crippen molar-refractivity contribution in [2.24, 2.45) is 0 Å². The smallest absolute Gasteiger partial charge is 0.305 e. The van der Waals surface area contributed by atoms with Crippen molar-refractivity contribution in [3.05, 3.63) is 71.3 Å². The Hall–Kier alpha value is -3.81. The van der Waals surface area contributed by atoms with Crippen LogP contribution in [0.1, 0.15) is 39.1 Å². The second-order valence-electron chi connectivity index (χ2n) is 7.06. The Bertz CT molecular complexity index is 983. The van der Waals surface area contributed by atoms with Crippen molar-refractivity contribution in [2.75, 3.05) is 13.7 Å². The predicted octanol–water partition coefficient (Wildman–Crippen LogP) is 1.53. The van der Waals surface area contributed by atoms with E-state index in [4.69, 9.17) is 0 Å². The van der Waals surface area contributed by atoms with Gasteiger partial charge in [-0.15, -0.1) is 0 Å². The van der Waals surface area contributed by atoms with Gasteiger partial charge in [0.1, 0.15) is 6.04 Å². The molecule has 3 rings (SSSR count). The zero-order valence-electron chi connectivity index (χ0n) is 17.0. The lowest BCUT2D eigenvalue weighted by Gasteiger charge is -2.25. The molecule has 1 aliphatic heterocycles. The molecule has 0 spiro atoms. The SMILES string of the molecule is COC(=O)CCC(=O)CNC(=O)C(Cc1ccccc1)N1C(=O)c2ccccc2C1=O. The van der Waals surface area contributed by atoms with E-state index in [0.29, 0.717) is 0 Å². The van der Waals surface area contributed by atoms with E-state index < -0.39 is 29.7 Å². The number of methoxy groups -OCH3 is 1. The number of hydrogen-bond acceptors (Lipinski definition) is 6. The van der Waals surface area contributed by atoms with E-state index in [-0.39, 0.29) is 42.7 Å². The van der Waals surface area contributed by atoms with Gasteiger partial charge >= 0.3 is 5.97 Å². The number of hydrogen-bond donors (Lipinski definition) is 1. The summed E-state index contributed by atoms with van der Waals surface area (Å²) in [6.45, 7) is -0.315. The summed E-state index contributed by atoms with van der Waals surface area (Å²) in [7, 11) is 1.23. The van der Waals surface area contributed by atoms with E-state index >= 15 is 0 Å². The molecule has 0 aromatic heterocycles. The third-order valence-electron chi connectivity index (χ3n) is 5.01. The number of amides is 3. The van der Waals surface area contributed by atoms with Crippen LogP contribution in [-0.2, 0) is 25.5 Å². The van der Waals surface area contributed by atoms with Gasteiger partial charge in [0.05, 0.1) is 31.2 Å². The number of rotatable bonds is 9. The van der Waals surface area contributed by atoms with Crippen LogP contribution in [0.2, 0.25) is 0 Å². The molecule has 1 heterocycles. The highest BCUT2D eigenvalue weighted by molar-refractivity contribution is 6.22. The second-order valence-corrected chi connectivity index (χ2v) is 7.06. The topological polar surface area (TPSA) is 110 Å². The first-order valence-corrected chi connectivity index (χ1v) is 9.79. The maximum atomic E-state index is 13.0. The summed E-state index contributed by atoms with van der Waals surface area (Å²) in [4.78, 5) is 62.9. The molecular weight excluding hydrogens is 400 g/mol. The number of benzene rings is 2. The number of carbonyl (C=O) groups excluding carboxylic acids is 5. The van der Waals surface area contributed by atoms with Gasteiger partial charge in [-0.05, 0) is 17.7 Å². The Morgan fingerprint density at radius 3 is 2.06 bits per heavy atom. The van der Waals surface area contributed by atoms with Crippen LogP contribution in [0.5, 0.6) is 0 Å². The van der Waals surface area contributed by atoms with Crippen molar-refractivity contribution < 1.29 is 28.7 Å². The summed E-state index contributed by atoms with van der Waals surface area (Å²) in [5.74, 6) is -2.60. The largest absolute Gasteiger partial charge is 0.469 e. The van der Waals surface area contributed by atoms with E-state index in [1.165, 1.54) is 7.11 Å². The van der Waals surface area contributed by atoms with Crippen LogP contribution in [0.15, 0.2) is 54.6 Å². The van der Waals surface area contributed by atoms with Crippen LogP contribution in [0.4, 0.5) is 0 Å². The number of ketones is 1. The fourth-order valence-electron chi connectivity index (χ4n) is 3.36.